The van der Waals surface area contributed by atoms with Gasteiger partial charge in [0.25, 0.3) is 4.38 Å². The highest BCUT2D eigenvalue weighted by molar-refractivity contribution is 8.23. The van der Waals surface area contributed by atoms with E-state index in [1.807, 2.05) is 0 Å². The first-order chi connectivity index (χ1) is 7.27. The summed E-state index contributed by atoms with van der Waals surface area (Å²) in [6.45, 7) is 2.14. The van der Waals surface area contributed by atoms with E-state index in [4.69, 9.17) is 0 Å². The molecule has 0 spiro atoms. The fourth-order valence-electron chi connectivity index (χ4n) is 2.14. The summed E-state index contributed by atoms with van der Waals surface area (Å²) < 4.78 is 3.08. The predicted octanol–water partition coefficient (Wildman–Crippen LogP) is 2.79. The molecular formula is C12H16NS2+. The number of thiol groups is 2. The Kier molecular flexibility index (Phi) is 3.76. The van der Waals surface area contributed by atoms with Crippen molar-refractivity contribution in [3.63, 3.8) is 0 Å². The largest absolute Gasteiger partial charge is 0.263 e. The third-order valence-corrected chi connectivity index (χ3v) is 3.61. The highest BCUT2D eigenvalue weighted by Gasteiger charge is 2.23. The van der Waals surface area contributed by atoms with E-state index >= 15 is 0 Å². The molecule has 0 radical (unpaired) electrons. The first-order valence-electron chi connectivity index (χ1n) is 5.32. The van der Waals surface area contributed by atoms with Crippen LogP contribution in [0.3, 0.4) is 0 Å². The second-order valence-electron chi connectivity index (χ2n) is 3.97. The first-order valence-corrected chi connectivity index (χ1v) is 6.21. The Morgan fingerprint density at radius 1 is 1.07 bits per heavy atom. The molecule has 1 aliphatic heterocycles. The summed E-state index contributed by atoms with van der Waals surface area (Å²) in [5.41, 5.74) is 1.47. The fraction of sp³-hybridized carbons (Fsp3) is 0.417. The first kappa shape index (κ1) is 11.1. The summed E-state index contributed by atoms with van der Waals surface area (Å²) in [7, 11) is 0. The second kappa shape index (κ2) is 5.08. The lowest BCUT2D eigenvalue weighted by Crippen LogP contribution is -2.26. The van der Waals surface area contributed by atoms with Gasteiger partial charge in [-0.05, 0) is 11.5 Å². The van der Waals surface area contributed by atoms with Crippen LogP contribution >= 0.6 is 25.3 Å². The van der Waals surface area contributed by atoms with Crippen LogP contribution in [0.25, 0.3) is 0 Å². The minimum Gasteiger partial charge on any atom is -0.219 e. The maximum atomic E-state index is 4.26. The molecule has 80 valence electrons. The molecule has 0 saturated carbocycles. The lowest BCUT2D eigenvalue weighted by molar-refractivity contribution is -0.533. The van der Waals surface area contributed by atoms with Crippen LogP contribution < -0.4 is 0 Å². The van der Waals surface area contributed by atoms with E-state index < -0.39 is 0 Å². The van der Waals surface area contributed by atoms with Crippen molar-refractivity contribution in [2.75, 3.05) is 13.1 Å². The summed E-state index contributed by atoms with van der Waals surface area (Å²) in [6, 6.07) is 10.8. The molecule has 0 amide bonds. The van der Waals surface area contributed by atoms with Crippen molar-refractivity contribution in [3.05, 3.63) is 35.9 Å². The normalized spacial score (nSPS) is 21.5. The van der Waals surface area contributed by atoms with Gasteiger partial charge in [-0.3, -0.25) is 0 Å². The maximum Gasteiger partial charge on any atom is 0.263 e. The Labute approximate surface area is 102 Å². The summed E-state index contributed by atoms with van der Waals surface area (Å²) in [5.74, 6) is 0.712. The molecule has 2 rings (SSSR count). The van der Waals surface area contributed by atoms with E-state index in [9.17, 15) is 0 Å². The molecule has 1 aromatic carbocycles. The third-order valence-electron chi connectivity index (χ3n) is 3.05. The van der Waals surface area contributed by atoms with Crippen molar-refractivity contribution in [3.8, 4) is 0 Å². The fourth-order valence-corrected chi connectivity index (χ4v) is 2.54. The van der Waals surface area contributed by atoms with Gasteiger partial charge in [0.1, 0.15) is 13.1 Å². The zero-order chi connectivity index (χ0) is 10.7. The highest BCUT2D eigenvalue weighted by atomic mass is 32.2. The molecule has 0 aromatic heterocycles. The predicted molar refractivity (Wildman–Crippen MR) is 71.4 cm³/mol. The zero-order valence-electron chi connectivity index (χ0n) is 8.63. The van der Waals surface area contributed by atoms with Gasteiger partial charge in [-0.15, -0.1) is 0 Å². The van der Waals surface area contributed by atoms with Crippen molar-refractivity contribution < 1.29 is 4.58 Å². The molecular weight excluding hydrogens is 222 g/mol. The van der Waals surface area contributed by atoms with Gasteiger partial charge >= 0.3 is 0 Å². The monoisotopic (exact) mass is 238 g/mol. The quantitative estimate of drug-likeness (QED) is 0.421. The Morgan fingerprint density at radius 2 is 1.67 bits per heavy atom. The van der Waals surface area contributed by atoms with E-state index in [0.717, 1.165) is 17.5 Å². The molecule has 0 bridgehead atoms. The Bertz CT molecular complexity index is 345. The molecule has 0 atom stereocenters. The topological polar surface area (TPSA) is 3.01 Å². The van der Waals surface area contributed by atoms with Gasteiger partial charge in [-0.25, -0.2) is 4.58 Å². The van der Waals surface area contributed by atoms with Crippen molar-refractivity contribution >= 4 is 29.6 Å². The summed E-state index contributed by atoms with van der Waals surface area (Å²) in [6.07, 6.45) is 2.41. The molecule has 1 saturated heterocycles. The van der Waals surface area contributed by atoms with E-state index in [1.54, 1.807) is 0 Å². The number of rotatable bonds is 1. The van der Waals surface area contributed by atoms with Gasteiger partial charge in [0.2, 0.25) is 0 Å². The smallest absolute Gasteiger partial charge is 0.219 e. The molecule has 0 N–H and O–H groups in total. The van der Waals surface area contributed by atoms with E-state index in [0.29, 0.717) is 5.92 Å². The van der Waals surface area contributed by atoms with Crippen LogP contribution in [0.15, 0.2) is 30.3 Å². The summed E-state index contributed by atoms with van der Waals surface area (Å²) in [4.78, 5) is 0. The molecule has 1 nitrogen and oxygen atoms in total. The maximum absolute atomic E-state index is 4.26. The van der Waals surface area contributed by atoms with Crippen molar-refractivity contribution in [2.24, 2.45) is 0 Å². The van der Waals surface area contributed by atoms with Gasteiger partial charge in [0.15, 0.2) is 0 Å². The number of piperidine rings is 1. The van der Waals surface area contributed by atoms with Gasteiger partial charge in [-0.1, -0.05) is 55.6 Å². The molecule has 3 heteroatoms. The van der Waals surface area contributed by atoms with Crippen LogP contribution in [-0.4, -0.2) is 22.0 Å². The van der Waals surface area contributed by atoms with E-state index in [2.05, 4.69) is 60.2 Å². The van der Waals surface area contributed by atoms with Crippen molar-refractivity contribution in [1.82, 2.24) is 0 Å². The molecule has 1 aromatic rings. The van der Waals surface area contributed by atoms with Crippen LogP contribution in [0.4, 0.5) is 0 Å². The zero-order valence-corrected chi connectivity index (χ0v) is 10.4. The van der Waals surface area contributed by atoms with Crippen LogP contribution in [0.2, 0.25) is 0 Å². The summed E-state index contributed by atoms with van der Waals surface area (Å²) >= 11 is 8.53. The Balaban J connectivity index is 2.03. The average Bonchev–Trinajstić information content (AvgIpc) is 2.30. The highest BCUT2D eigenvalue weighted by Crippen LogP contribution is 2.26. The molecule has 1 heterocycles. The second-order valence-corrected chi connectivity index (χ2v) is 5.17. The number of benzene rings is 1. The molecule has 15 heavy (non-hydrogen) atoms. The Hall–Kier alpha value is -0.410. The van der Waals surface area contributed by atoms with Crippen LogP contribution in [0.1, 0.15) is 24.3 Å². The minimum absolute atomic E-state index is 0.712. The number of hydrogen-bond acceptors (Lipinski definition) is 0. The standard InChI is InChI=1S/C12H15NS2/c14-12(15)13-8-6-11(7-9-13)10-4-2-1-3-5-10/h1-5,11H,6-9H2,(H,14,15)/p+1. The lowest BCUT2D eigenvalue weighted by atomic mass is 9.90. The minimum atomic E-state index is 0.712. The van der Waals surface area contributed by atoms with E-state index in [-0.39, 0.29) is 0 Å². The molecule has 0 unspecified atom stereocenters. The third kappa shape index (κ3) is 2.79. The van der Waals surface area contributed by atoms with Gasteiger partial charge in [0, 0.05) is 12.8 Å². The van der Waals surface area contributed by atoms with Gasteiger partial charge in [0.05, 0.1) is 0 Å². The van der Waals surface area contributed by atoms with Crippen LogP contribution in [0.5, 0.6) is 0 Å². The van der Waals surface area contributed by atoms with Gasteiger partial charge < -0.3 is 0 Å². The van der Waals surface area contributed by atoms with Crippen molar-refractivity contribution in [2.45, 2.75) is 18.8 Å². The van der Waals surface area contributed by atoms with Gasteiger partial charge in [-0.2, -0.15) is 0 Å². The number of hydrogen-bond donors (Lipinski definition) is 2. The lowest BCUT2D eigenvalue weighted by Gasteiger charge is -2.21. The number of nitrogens with zero attached hydrogens (tertiary/aromatic N) is 1. The average molecular weight is 238 g/mol. The molecule has 1 fully saturated rings. The SMILES string of the molecule is SC(S)=[N+]1CCC(c2ccccc2)CC1. The van der Waals surface area contributed by atoms with Crippen LogP contribution in [-0.2, 0) is 0 Å². The van der Waals surface area contributed by atoms with E-state index in [1.165, 1.54) is 18.4 Å². The van der Waals surface area contributed by atoms with Crippen LogP contribution in [0, 0.1) is 0 Å². The molecule has 1 aliphatic rings. The Morgan fingerprint density at radius 3 is 2.20 bits per heavy atom. The molecule has 0 aliphatic carbocycles. The summed E-state index contributed by atoms with van der Waals surface area (Å²) in [5, 5.41) is 0. The van der Waals surface area contributed by atoms with Crippen molar-refractivity contribution in [1.29, 1.82) is 0 Å².